The van der Waals surface area contributed by atoms with Crippen LogP contribution in [0.3, 0.4) is 0 Å². The van der Waals surface area contributed by atoms with E-state index in [1.54, 1.807) is 42.5 Å². The van der Waals surface area contributed by atoms with Gasteiger partial charge < -0.3 is 5.11 Å². The maximum absolute atomic E-state index is 12.5. The average molecular weight is 300 g/mol. The van der Waals surface area contributed by atoms with Crippen molar-refractivity contribution in [3.8, 4) is 11.4 Å². The van der Waals surface area contributed by atoms with Gasteiger partial charge in [-0.15, -0.1) is 0 Å². The molecule has 2 aromatic carbocycles. The third-order valence-electron chi connectivity index (χ3n) is 2.99. The van der Waals surface area contributed by atoms with Gasteiger partial charge in [0.05, 0.1) is 16.8 Å². The second-order valence-electron chi connectivity index (χ2n) is 4.42. The fourth-order valence-corrected chi connectivity index (χ4v) is 3.23. The Kier molecular flexibility index (Phi) is 3.23. The van der Waals surface area contributed by atoms with Crippen LogP contribution in [0.5, 0.6) is 5.75 Å². The molecule has 0 saturated heterocycles. The summed E-state index contributed by atoms with van der Waals surface area (Å²) in [5.74, 6) is -0.372. The highest BCUT2D eigenvalue weighted by atomic mass is 32.2. The number of para-hydroxylation sites is 1. The fourth-order valence-electron chi connectivity index (χ4n) is 1.96. The summed E-state index contributed by atoms with van der Waals surface area (Å²) < 4.78 is 26.3. The van der Waals surface area contributed by atoms with Gasteiger partial charge in [-0.25, -0.2) is 13.1 Å². The number of rotatable bonds is 3. The molecule has 0 bridgehead atoms. The summed E-state index contributed by atoms with van der Waals surface area (Å²) in [5, 5.41) is 13.6. The van der Waals surface area contributed by atoms with Crippen LogP contribution in [0.2, 0.25) is 0 Å². The van der Waals surface area contributed by atoms with Gasteiger partial charge >= 0.3 is 0 Å². The number of hydrogen-bond donors (Lipinski definition) is 1. The Balaban J connectivity index is 2.11. The molecule has 5 nitrogen and oxygen atoms in total. The minimum atomic E-state index is -3.84. The lowest BCUT2D eigenvalue weighted by atomic mass is 10.3. The predicted octanol–water partition coefficient (Wildman–Crippen LogP) is 2.41. The molecule has 3 rings (SSSR count). The first-order valence-electron chi connectivity index (χ1n) is 6.23. The summed E-state index contributed by atoms with van der Waals surface area (Å²) in [5.41, 5.74) is 0.669. The number of nitrogens with zero attached hydrogens (tertiary/aromatic N) is 2. The fraction of sp³-hybridized carbons (Fsp3) is 0. The van der Waals surface area contributed by atoms with Crippen molar-refractivity contribution in [2.75, 3.05) is 0 Å². The molecule has 0 spiro atoms. The zero-order valence-corrected chi connectivity index (χ0v) is 11.7. The SMILES string of the molecule is O=S(=O)(c1ccccc1)c1nn(-c2ccccc2)cc1O. The van der Waals surface area contributed by atoms with Crippen molar-refractivity contribution < 1.29 is 13.5 Å². The molecule has 3 aromatic rings. The second kappa shape index (κ2) is 5.06. The lowest BCUT2D eigenvalue weighted by Gasteiger charge is -2.01. The molecule has 0 aliphatic carbocycles. The van der Waals surface area contributed by atoms with Gasteiger partial charge in [0, 0.05) is 0 Å². The molecule has 0 fully saturated rings. The van der Waals surface area contributed by atoms with Gasteiger partial charge in [0.15, 0.2) is 5.75 Å². The number of aromatic nitrogens is 2. The van der Waals surface area contributed by atoms with E-state index in [4.69, 9.17) is 0 Å². The van der Waals surface area contributed by atoms with Crippen LogP contribution in [-0.4, -0.2) is 23.3 Å². The van der Waals surface area contributed by atoms with Crippen LogP contribution in [0.4, 0.5) is 0 Å². The summed E-state index contributed by atoms with van der Waals surface area (Å²) in [6.45, 7) is 0. The van der Waals surface area contributed by atoms with Gasteiger partial charge in [0.1, 0.15) is 0 Å². The van der Waals surface area contributed by atoms with Gasteiger partial charge in [-0.2, -0.15) is 5.10 Å². The minimum Gasteiger partial charge on any atom is -0.504 e. The highest BCUT2D eigenvalue weighted by molar-refractivity contribution is 7.91. The Bertz CT molecular complexity index is 856. The summed E-state index contributed by atoms with van der Waals surface area (Å²) in [6, 6.07) is 16.9. The monoisotopic (exact) mass is 300 g/mol. The van der Waals surface area contributed by atoms with E-state index in [2.05, 4.69) is 5.10 Å². The van der Waals surface area contributed by atoms with E-state index >= 15 is 0 Å². The molecule has 106 valence electrons. The van der Waals surface area contributed by atoms with Crippen LogP contribution in [-0.2, 0) is 9.84 Å². The van der Waals surface area contributed by atoms with Gasteiger partial charge in [-0.05, 0) is 24.3 Å². The van der Waals surface area contributed by atoms with Crippen molar-refractivity contribution in [3.05, 3.63) is 66.9 Å². The van der Waals surface area contributed by atoms with Crippen molar-refractivity contribution >= 4 is 9.84 Å². The van der Waals surface area contributed by atoms with Crippen molar-refractivity contribution in [2.45, 2.75) is 9.92 Å². The van der Waals surface area contributed by atoms with E-state index in [1.165, 1.54) is 23.0 Å². The zero-order chi connectivity index (χ0) is 14.9. The average Bonchev–Trinajstić information content (AvgIpc) is 2.92. The molecule has 0 radical (unpaired) electrons. The predicted molar refractivity (Wildman–Crippen MR) is 77.1 cm³/mol. The highest BCUT2D eigenvalue weighted by Crippen LogP contribution is 2.28. The Morgan fingerprint density at radius 2 is 1.48 bits per heavy atom. The minimum absolute atomic E-state index is 0.0959. The normalized spacial score (nSPS) is 11.4. The van der Waals surface area contributed by atoms with Crippen LogP contribution < -0.4 is 0 Å². The molecule has 0 amide bonds. The lowest BCUT2D eigenvalue weighted by Crippen LogP contribution is -2.04. The Morgan fingerprint density at radius 3 is 2.10 bits per heavy atom. The second-order valence-corrected chi connectivity index (χ2v) is 6.28. The zero-order valence-electron chi connectivity index (χ0n) is 10.9. The molecule has 6 heteroatoms. The van der Waals surface area contributed by atoms with Gasteiger partial charge in [-0.1, -0.05) is 36.4 Å². The van der Waals surface area contributed by atoms with Crippen molar-refractivity contribution in [3.63, 3.8) is 0 Å². The molecular formula is C15H12N2O3S. The first kappa shape index (κ1) is 13.4. The van der Waals surface area contributed by atoms with E-state index < -0.39 is 9.84 Å². The van der Waals surface area contributed by atoms with E-state index in [9.17, 15) is 13.5 Å². The largest absolute Gasteiger partial charge is 0.504 e. The maximum Gasteiger partial charge on any atom is 0.229 e. The summed E-state index contributed by atoms with van der Waals surface area (Å²) in [4.78, 5) is 0.0959. The topological polar surface area (TPSA) is 72.2 Å². The molecule has 0 saturated carbocycles. The molecule has 1 heterocycles. The molecule has 0 atom stereocenters. The van der Waals surface area contributed by atoms with Gasteiger partial charge in [-0.3, -0.25) is 0 Å². The lowest BCUT2D eigenvalue weighted by molar-refractivity contribution is 0.458. The summed E-state index contributed by atoms with van der Waals surface area (Å²) >= 11 is 0. The van der Waals surface area contributed by atoms with Crippen LogP contribution in [0.15, 0.2) is 76.8 Å². The molecule has 1 aromatic heterocycles. The Labute approximate surface area is 122 Å². The number of sulfone groups is 1. The molecule has 0 aliphatic heterocycles. The van der Waals surface area contributed by atoms with Gasteiger partial charge in [0.2, 0.25) is 14.9 Å². The van der Waals surface area contributed by atoms with Gasteiger partial charge in [0.25, 0.3) is 0 Å². The molecule has 0 aliphatic rings. The van der Waals surface area contributed by atoms with E-state index in [0.717, 1.165) is 0 Å². The highest BCUT2D eigenvalue weighted by Gasteiger charge is 2.25. The van der Waals surface area contributed by atoms with E-state index in [0.29, 0.717) is 5.69 Å². The third kappa shape index (κ3) is 2.41. The summed E-state index contributed by atoms with van der Waals surface area (Å²) in [7, 11) is -3.84. The van der Waals surface area contributed by atoms with Crippen LogP contribution >= 0.6 is 0 Å². The smallest absolute Gasteiger partial charge is 0.229 e. The first-order valence-corrected chi connectivity index (χ1v) is 7.71. The Hall–Kier alpha value is -2.60. The number of aromatic hydroxyl groups is 1. The molecular weight excluding hydrogens is 288 g/mol. The van der Waals surface area contributed by atoms with Crippen LogP contribution in [0.25, 0.3) is 5.69 Å². The number of benzene rings is 2. The maximum atomic E-state index is 12.5. The molecule has 1 N–H and O–H groups in total. The van der Waals surface area contributed by atoms with E-state index in [-0.39, 0.29) is 15.7 Å². The molecule has 21 heavy (non-hydrogen) atoms. The number of hydrogen-bond acceptors (Lipinski definition) is 4. The molecule has 0 unspecified atom stereocenters. The van der Waals surface area contributed by atoms with Crippen LogP contribution in [0.1, 0.15) is 0 Å². The van der Waals surface area contributed by atoms with Crippen molar-refractivity contribution in [1.82, 2.24) is 9.78 Å². The third-order valence-corrected chi connectivity index (χ3v) is 4.68. The van der Waals surface area contributed by atoms with E-state index in [1.807, 2.05) is 6.07 Å². The standard InChI is InChI=1S/C15H12N2O3S/c18-14-11-17(12-7-3-1-4-8-12)16-15(14)21(19,20)13-9-5-2-6-10-13/h1-11,18H. The Morgan fingerprint density at radius 1 is 0.905 bits per heavy atom. The van der Waals surface area contributed by atoms with Crippen LogP contribution in [0, 0.1) is 0 Å². The summed E-state index contributed by atoms with van der Waals surface area (Å²) in [6.07, 6.45) is 1.28. The van der Waals surface area contributed by atoms with Crippen molar-refractivity contribution in [2.24, 2.45) is 0 Å². The van der Waals surface area contributed by atoms with Crippen molar-refractivity contribution in [1.29, 1.82) is 0 Å². The first-order chi connectivity index (χ1) is 10.1. The quantitative estimate of drug-likeness (QED) is 0.806.